The van der Waals surface area contributed by atoms with Gasteiger partial charge in [-0.15, -0.1) is 0 Å². The lowest BCUT2D eigenvalue weighted by Gasteiger charge is -2.30. The zero-order chi connectivity index (χ0) is 15.4. The van der Waals surface area contributed by atoms with Crippen molar-refractivity contribution >= 4 is 5.91 Å². The predicted molar refractivity (Wildman–Crippen MR) is 85.1 cm³/mol. The summed E-state index contributed by atoms with van der Waals surface area (Å²) in [5, 5.41) is 0. The monoisotopic (exact) mass is 303 g/mol. The van der Waals surface area contributed by atoms with Crippen LogP contribution >= 0.6 is 0 Å². The smallest absolute Gasteiger partial charge is 0.260 e. The van der Waals surface area contributed by atoms with Gasteiger partial charge in [-0.3, -0.25) is 4.79 Å². The predicted octanol–water partition coefficient (Wildman–Crippen LogP) is 3.11. The molecule has 0 N–H and O–H groups in total. The summed E-state index contributed by atoms with van der Waals surface area (Å²) in [7, 11) is 0. The minimum absolute atomic E-state index is 0.0842. The van der Waals surface area contributed by atoms with E-state index in [4.69, 9.17) is 9.47 Å². The van der Waals surface area contributed by atoms with E-state index in [0.717, 1.165) is 55.9 Å². The van der Waals surface area contributed by atoms with E-state index in [9.17, 15) is 4.79 Å². The summed E-state index contributed by atoms with van der Waals surface area (Å²) in [5.74, 6) is 3.16. The van der Waals surface area contributed by atoms with E-state index in [1.165, 1.54) is 12.8 Å². The third-order valence-electron chi connectivity index (χ3n) is 4.51. The molecule has 3 rings (SSSR count). The van der Waals surface area contributed by atoms with Gasteiger partial charge < -0.3 is 14.4 Å². The first kappa shape index (κ1) is 15.2. The third kappa shape index (κ3) is 4.39. The van der Waals surface area contributed by atoms with Crippen LogP contribution < -0.4 is 9.47 Å². The van der Waals surface area contributed by atoms with Crippen molar-refractivity contribution in [2.75, 3.05) is 26.3 Å². The lowest BCUT2D eigenvalue weighted by Crippen LogP contribution is -2.40. The molecule has 0 spiro atoms. The van der Waals surface area contributed by atoms with Gasteiger partial charge in [0.15, 0.2) is 6.61 Å². The molecule has 0 unspecified atom stereocenters. The van der Waals surface area contributed by atoms with Gasteiger partial charge in [-0.2, -0.15) is 0 Å². The van der Waals surface area contributed by atoms with Crippen LogP contribution in [0.15, 0.2) is 24.3 Å². The molecule has 120 valence electrons. The zero-order valence-electron chi connectivity index (χ0n) is 13.3. The van der Waals surface area contributed by atoms with E-state index in [2.05, 4.69) is 6.92 Å². The molecule has 0 aromatic heterocycles. The standard InChI is InChI=1S/C18H25NO3/c1-14-8-10-19(11-9-14)18(20)13-22-17-6-4-16(5-7-17)21-12-15-2-3-15/h4-7,14-15H,2-3,8-13H2,1H3. The molecule has 1 amide bonds. The first-order valence-corrected chi connectivity index (χ1v) is 8.34. The number of nitrogens with zero attached hydrogens (tertiary/aromatic N) is 1. The maximum atomic E-state index is 12.1. The van der Waals surface area contributed by atoms with Crippen LogP contribution in [-0.4, -0.2) is 37.1 Å². The van der Waals surface area contributed by atoms with Gasteiger partial charge in [0.1, 0.15) is 11.5 Å². The van der Waals surface area contributed by atoms with E-state index in [1.807, 2.05) is 29.2 Å². The molecule has 0 bridgehead atoms. The topological polar surface area (TPSA) is 38.8 Å². The molecule has 2 aliphatic rings. The van der Waals surface area contributed by atoms with Gasteiger partial charge in [0.2, 0.25) is 0 Å². The number of rotatable bonds is 6. The average Bonchev–Trinajstić information content (AvgIpc) is 3.36. The molecule has 1 heterocycles. The fourth-order valence-electron chi connectivity index (χ4n) is 2.63. The van der Waals surface area contributed by atoms with Gasteiger partial charge in [-0.05, 0) is 61.8 Å². The molecule has 22 heavy (non-hydrogen) atoms. The highest BCUT2D eigenvalue weighted by Crippen LogP contribution is 2.29. The number of piperidine rings is 1. The van der Waals surface area contributed by atoms with Crippen molar-refractivity contribution in [2.24, 2.45) is 11.8 Å². The van der Waals surface area contributed by atoms with Crippen molar-refractivity contribution in [2.45, 2.75) is 32.6 Å². The fourth-order valence-corrected chi connectivity index (χ4v) is 2.63. The number of benzene rings is 1. The van der Waals surface area contributed by atoms with Gasteiger partial charge in [-0.25, -0.2) is 0 Å². The Bertz CT molecular complexity index is 488. The Hall–Kier alpha value is -1.71. The molecular formula is C18H25NO3. The van der Waals surface area contributed by atoms with Crippen LogP contribution in [0.3, 0.4) is 0 Å². The van der Waals surface area contributed by atoms with Gasteiger partial charge in [0, 0.05) is 13.1 Å². The molecule has 1 aromatic carbocycles. The Balaban J connectivity index is 1.41. The van der Waals surface area contributed by atoms with Crippen molar-refractivity contribution in [1.82, 2.24) is 4.90 Å². The molecule has 1 aliphatic heterocycles. The van der Waals surface area contributed by atoms with E-state index >= 15 is 0 Å². The lowest BCUT2D eigenvalue weighted by atomic mass is 9.99. The van der Waals surface area contributed by atoms with E-state index in [1.54, 1.807) is 0 Å². The van der Waals surface area contributed by atoms with E-state index < -0.39 is 0 Å². The number of carbonyl (C=O) groups is 1. The SMILES string of the molecule is CC1CCN(C(=O)COc2ccc(OCC3CC3)cc2)CC1. The van der Waals surface area contributed by atoms with Gasteiger partial charge in [-0.1, -0.05) is 6.92 Å². The van der Waals surface area contributed by atoms with Crippen LogP contribution in [0.5, 0.6) is 11.5 Å². The second-order valence-electron chi connectivity index (χ2n) is 6.58. The quantitative estimate of drug-likeness (QED) is 0.810. The average molecular weight is 303 g/mol. The summed E-state index contributed by atoms with van der Waals surface area (Å²) in [6, 6.07) is 7.55. The molecule has 1 aliphatic carbocycles. The first-order valence-electron chi connectivity index (χ1n) is 8.34. The highest BCUT2D eigenvalue weighted by Gasteiger charge is 2.22. The van der Waals surface area contributed by atoms with Gasteiger partial charge in [0.25, 0.3) is 5.91 Å². The Labute approximate surface area is 132 Å². The number of likely N-dealkylation sites (tertiary alicyclic amines) is 1. The van der Waals surface area contributed by atoms with Crippen LogP contribution in [0.25, 0.3) is 0 Å². The van der Waals surface area contributed by atoms with Crippen LogP contribution in [0.1, 0.15) is 32.6 Å². The lowest BCUT2D eigenvalue weighted by molar-refractivity contribution is -0.134. The highest BCUT2D eigenvalue weighted by atomic mass is 16.5. The Morgan fingerprint density at radius 2 is 1.64 bits per heavy atom. The van der Waals surface area contributed by atoms with Crippen molar-refractivity contribution in [3.05, 3.63) is 24.3 Å². The molecule has 1 saturated heterocycles. The van der Waals surface area contributed by atoms with E-state index in [0.29, 0.717) is 0 Å². The number of amides is 1. The van der Waals surface area contributed by atoms with Crippen LogP contribution in [-0.2, 0) is 4.79 Å². The van der Waals surface area contributed by atoms with Gasteiger partial charge in [0.05, 0.1) is 6.61 Å². The fraction of sp³-hybridized carbons (Fsp3) is 0.611. The summed E-state index contributed by atoms with van der Waals surface area (Å²) in [6.45, 7) is 4.89. The second-order valence-corrected chi connectivity index (χ2v) is 6.58. The number of hydrogen-bond donors (Lipinski definition) is 0. The molecule has 1 saturated carbocycles. The molecule has 4 nitrogen and oxygen atoms in total. The van der Waals surface area contributed by atoms with Crippen LogP contribution in [0.2, 0.25) is 0 Å². The Morgan fingerprint density at radius 1 is 1.05 bits per heavy atom. The van der Waals surface area contributed by atoms with Crippen molar-refractivity contribution in [1.29, 1.82) is 0 Å². The molecule has 0 radical (unpaired) electrons. The van der Waals surface area contributed by atoms with Crippen LogP contribution in [0, 0.1) is 11.8 Å². The normalized spacial score (nSPS) is 19.0. The first-order chi connectivity index (χ1) is 10.7. The Morgan fingerprint density at radius 3 is 2.23 bits per heavy atom. The molecule has 2 fully saturated rings. The third-order valence-corrected chi connectivity index (χ3v) is 4.51. The molecule has 1 aromatic rings. The maximum absolute atomic E-state index is 12.1. The Kier molecular flexibility index (Phi) is 4.86. The van der Waals surface area contributed by atoms with Crippen molar-refractivity contribution in [3.8, 4) is 11.5 Å². The second kappa shape index (κ2) is 7.03. The molecular weight excluding hydrogens is 278 g/mol. The summed E-state index contributed by atoms with van der Waals surface area (Å²) in [4.78, 5) is 14.0. The largest absolute Gasteiger partial charge is 0.493 e. The summed E-state index contributed by atoms with van der Waals surface area (Å²) >= 11 is 0. The highest BCUT2D eigenvalue weighted by molar-refractivity contribution is 5.77. The van der Waals surface area contributed by atoms with E-state index in [-0.39, 0.29) is 12.5 Å². The number of ether oxygens (including phenoxy) is 2. The van der Waals surface area contributed by atoms with Crippen LogP contribution in [0.4, 0.5) is 0 Å². The molecule has 4 heteroatoms. The number of carbonyl (C=O) groups excluding carboxylic acids is 1. The van der Waals surface area contributed by atoms with Crippen molar-refractivity contribution in [3.63, 3.8) is 0 Å². The summed E-state index contributed by atoms with van der Waals surface area (Å²) < 4.78 is 11.3. The minimum Gasteiger partial charge on any atom is -0.493 e. The van der Waals surface area contributed by atoms with Gasteiger partial charge >= 0.3 is 0 Å². The molecule has 0 atom stereocenters. The summed E-state index contributed by atoms with van der Waals surface area (Å²) in [5.41, 5.74) is 0. The number of hydrogen-bond acceptors (Lipinski definition) is 3. The maximum Gasteiger partial charge on any atom is 0.260 e. The minimum atomic E-state index is 0.0842. The van der Waals surface area contributed by atoms with Crippen molar-refractivity contribution < 1.29 is 14.3 Å². The zero-order valence-corrected chi connectivity index (χ0v) is 13.3. The summed E-state index contributed by atoms with van der Waals surface area (Å²) in [6.07, 6.45) is 4.77.